The Morgan fingerprint density at radius 1 is 1.33 bits per heavy atom. The number of nitrogens with zero attached hydrogens (tertiary/aromatic N) is 1. The van der Waals surface area contributed by atoms with E-state index in [9.17, 15) is 9.59 Å². The van der Waals surface area contributed by atoms with E-state index in [1.165, 1.54) is 4.90 Å². The van der Waals surface area contributed by atoms with E-state index in [0.717, 1.165) is 18.6 Å². The molecular weight excluding hydrogens is 286 g/mol. The van der Waals surface area contributed by atoms with E-state index < -0.39 is 6.03 Å². The molecule has 1 saturated heterocycles. The minimum Gasteiger partial charge on any atom is -0.355 e. The molecule has 1 atom stereocenters. The number of benzene rings is 1. The van der Waals surface area contributed by atoms with Crippen molar-refractivity contribution in [3.05, 3.63) is 30.3 Å². The maximum atomic E-state index is 12.1. The van der Waals surface area contributed by atoms with Gasteiger partial charge < -0.3 is 16.0 Å². The first-order valence-corrected chi connectivity index (χ1v) is 8.15. The molecule has 0 unspecified atom stereocenters. The van der Waals surface area contributed by atoms with E-state index in [4.69, 9.17) is 5.73 Å². The molecule has 1 aliphatic heterocycles. The Bertz CT molecular complexity index is 481. The second kappa shape index (κ2) is 7.93. The number of likely N-dealkylation sites (tertiary alicyclic amines) is 1. The van der Waals surface area contributed by atoms with Crippen molar-refractivity contribution in [2.45, 2.75) is 17.7 Å². The smallest absolute Gasteiger partial charge is 0.314 e. The Kier molecular flexibility index (Phi) is 5.92. The quantitative estimate of drug-likeness (QED) is 0.642. The van der Waals surface area contributed by atoms with Crippen LogP contribution in [0.4, 0.5) is 4.79 Å². The lowest BCUT2D eigenvalue weighted by molar-refractivity contribution is -0.126. The first kappa shape index (κ1) is 15.7. The Morgan fingerprint density at radius 2 is 2.10 bits per heavy atom. The van der Waals surface area contributed by atoms with Crippen LogP contribution in [0.5, 0.6) is 0 Å². The van der Waals surface area contributed by atoms with Crippen LogP contribution in [0.25, 0.3) is 0 Å². The van der Waals surface area contributed by atoms with Crippen LogP contribution in [0.1, 0.15) is 12.8 Å². The predicted octanol–water partition coefficient (Wildman–Crippen LogP) is 1.69. The molecule has 3 amide bonds. The highest BCUT2D eigenvalue weighted by atomic mass is 32.2. The number of nitrogens with one attached hydrogen (secondary N) is 1. The molecule has 6 heteroatoms. The van der Waals surface area contributed by atoms with Gasteiger partial charge in [-0.05, 0) is 25.0 Å². The molecule has 2 rings (SSSR count). The maximum Gasteiger partial charge on any atom is 0.314 e. The summed E-state index contributed by atoms with van der Waals surface area (Å²) in [7, 11) is 0. The Morgan fingerprint density at radius 3 is 2.81 bits per heavy atom. The number of hydrogen-bond acceptors (Lipinski definition) is 3. The van der Waals surface area contributed by atoms with Gasteiger partial charge in [0.15, 0.2) is 0 Å². The van der Waals surface area contributed by atoms with Crippen molar-refractivity contribution in [1.29, 1.82) is 0 Å². The summed E-state index contributed by atoms with van der Waals surface area (Å²) in [6.45, 7) is 1.72. The molecule has 0 bridgehead atoms. The van der Waals surface area contributed by atoms with Crippen LogP contribution in [0.3, 0.4) is 0 Å². The van der Waals surface area contributed by atoms with Crippen LogP contribution < -0.4 is 11.1 Å². The number of thioether (sulfide) groups is 1. The number of hydrogen-bond donors (Lipinski definition) is 2. The van der Waals surface area contributed by atoms with Gasteiger partial charge in [-0.15, -0.1) is 11.8 Å². The second-order valence-electron chi connectivity index (χ2n) is 5.08. The van der Waals surface area contributed by atoms with Gasteiger partial charge in [-0.3, -0.25) is 4.79 Å². The molecule has 21 heavy (non-hydrogen) atoms. The zero-order valence-corrected chi connectivity index (χ0v) is 12.8. The molecular formula is C15H21N3O2S. The van der Waals surface area contributed by atoms with Gasteiger partial charge >= 0.3 is 6.03 Å². The molecule has 0 saturated carbocycles. The fraction of sp³-hybridized carbons (Fsp3) is 0.467. The van der Waals surface area contributed by atoms with Crippen molar-refractivity contribution in [3.8, 4) is 0 Å². The van der Waals surface area contributed by atoms with Crippen molar-refractivity contribution in [3.63, 3.8) is 0 Å². The van der Waals surface area contributed by atoms with E-state index in [0.29, 0.717) is 19.6 Å². The topological polar surface area (TPSA) is 75.4 Å². The molecule has 0 aromatic heterocycles. The second-order valence-corrected chi connectivity index (χ2v) is 6.24. The highest BCUT2D eigenvalue weighted by Crippen LogP contribution is 2.17. The third kappa shape index (κ3) is 4.97. The summed E-state index contributed by atoms with van der Waals surface area (Å²) >= 11 is 1.72. The van der Waals surface area contributed by atoms with Gasteiger partial charge in [0.2, 0.25) is 5.91 Å². The standard InChI is InChI=1S/C15H21N3O2S/c16-15(20)18-9-4-5-12(11-18)14(19)17-8-10-21-13-6-2-1-3-7-13/h1-3,6-7,12H,4-5,8-11H2,(H2,16,20)(H,17,19)/t12-/m0/s1. The summed E-state index contributed by atoms with van der Waals surface area (Å²) in [6.07, 6.45) is 1.65. The van der Waals surface area contributed by atoms with Crippen molar-refractivity contribution in [1.82, 2.24) is 10.2 Å². The van der Waals surface area contributed by atoms with Gasteiger partial charge in [0.1, 0.15) is 0 Å². The molecule has 0 aliphatic carbocycles. The first-order valence-electron chi connectivity index (χ1n) is 7.17. The van der Waals surface area contributed by atoms with Gasteiger partial charge in [0.05, 0.1) is 5.92 Å². The minimum absolute atomic E-state index is 0.0228. The zero-order chi connectivity index (χ0) is 15.1. The summed E-state index contributed by atoms with van der Waals surface area (Å²) < 4.78 is 0. The number of carbonyl (C=O) groups is 2. The number of nitrogens with two attached hydrogens (primary N) is 1. The molecule has 0 radical (unpaired) electrons. The van der Waals surface area contributed by atoms with Gasteiger partial charge in [0, 0.05) is 30.3 Å². The number of amides is 3. The van der Waals surface area contributed by atoms with E-state index >= 15 is 0 Å². The van der Waals surface area contributed by atoms with Crippen molar-refractivity contribution >= 4 is 23.7 Å². The zero-order valence-electron chi connectivity index (χ0n) is 12.0. The number of rotatable bonds is 5. The molecule has 1 heterocycles. The van der Waals surface area contributed by atoms with E-state index in [-0.39, 0.29) is 11.8 Å². The van der Waals surface area contributed by atoms with Crippen molar-refractivity contribution in [2.75, 3.05) is 25.4 Å². The number of primary amides is 1. The molecule has 5 nitrogen and oxygen atoms in total. The number of urea groups is 1. The monoisotopic (exact) mass is 307 g/mol. The van der Waals surface area contributed by atoms with Crippen LogP contribution in [-0.4, -0.2) is 42.2 Å². The van der Waals surface area contributed by atoms with Gasteiger partial charge in [-0.2, -0.15) is 0 Å². The van der Waals surface area contributed by atoms with E-state index in [2.05, 4.69) is 17.4 Å². The maximum absolute atomic E-state index is 12.1. The SMILES string of the molecule is NC(=O)N1CCC[C@H](C(=O)NCCSc2ccccc2)C1. The van der Waals surface area contributed by atoms with Gasteiger partial charge in [-0.25, -0.2) is 4.79 Å². The fourth-order valence-electron chi connectivity index (χ4n) is 2.40. The van der Waals surface area contributed by atoms with Crippen LogP contribution >= 0.6 is 11.8 Å². The molecule has 1 fully saturated rings. The van der Waals surface area contributed by atoms with E-state index in [1.807, 2.05) is 18.2 Å². The Labute approximate surface area is 129 Å². The summed E-state index contributed by atoms with van der Waals surface area (Å²) in [5.41, 5.74) is 5.27. The summed E-state index contributed by atoms with van der Waals surface area (Å²) in [5.74, 6) is 0.727. The fourth-order valence-corrected chi connectivity index (χ4v) is 3.18. The predicted molar refractivity (Wildman–Crippen MR) is 84.1 cm³/mol. The highest BCUT2D eigenvalue weighted by molar-refractivity contribution is 7.99. The normalized spacial score (nSPS) is 18.3. The molecule has 114 valence electrons. The van der Waals surface area contributed by atoms with Crippen LogP contribution in [-0.2, 0) is 4.79 Å². The van der Waals surface area contributed by atoms with Crippen LogP contribution in [0.2, 0.25) is 0 Å². The summed E-state index contributed by atoms with van der Waals surface area (Å²) in [5, 5.41) is 2.94. The van der Waals surface area contributed by atoms with Crippen LogP contribution in [0.15, 0.2) is 35.2 Å². The molecule has 1 aromatic carbocycles. The molecule has 3 N–H and O–H groups in total. The average Bonchev–Trinajstić information content (AvgIpc) is 2.52. The molecule has 1 aliphatic rings. The Hall–Kier alpha value is -1.69. The first-order chi connectivity index (χ1) is 10.2. The lowest BCUT2D eigenvalue weighted by atomic mass is 9.97. The lowest BCUT2D eigenvalue weighted by Crippen LogP contribution is -2.47. The van der Waals surface area contributed by atoms with Crippen molar-refractivity contribution < 1.29 is 9.59 Å². The summed E-state index contributed by atoms with van der Waals surface area (Å²) in [6, 6.07) is 9.66. The van der Waals surface area contributed by atoms with Crippen molar-refractivity contribution in [2.24, 2.45) is 11.7 Å². The average molecular weight is 307 g/mol. The Balaban J connectivity index is 1.68. The van der Waals surface area contributed by atoms with Gasteiger partial charge in [0.25, 0.3) is 0 Å². The summed E-state index contributed by atoms with van der Waals surface area (Å²) in [4.78, 5) is 26.0. The largest absolute Gasteiger partial charge is 0.355 e. The number of carbonyl (C=O) groups excluding carboxylic acids is 2. The highest BCUT2D eigenvalue weighted by Gasteiger charge is 2.26. The number of piperidine rings is 1. The molecule has 1 aromatic rings. The molecule has 0 spiro atoms. The lowest BCUT2D eigenvalue weighted by Gasteiger charge is -2.30. The minimum atomic E-state index is -0.438. The van der Waals surface area contributed by atoms with Crippen LogP contribution in [0, 0.1) is 5.92 Å². The third-order valence-electron chi connectivity index (χ3n) is 3.52. The van der Waals surface area contributed by atoms with E-state index in [1.54, 1.807) is 16.7 Å². The van der Waals surface area contributed by atoms with Gasteiger partial charge in [-0.1, -0.05) is 18.2 Å². The third-order valence-corrected chi connectivity index (χ3v) is 4.53.